The lowest BCUT2D eigenvalue weighted by Crippen LogP contribution is -2.19. The summed E-state index contributed by atoms with van der Waals surface area (Å²) in [7, 11) is -3.36. The third-order valence-electron chi connectivity index (χ3n) is 3.73. The molecule has 0 aliphatic heterocycles. The number of amides is 1. The van der Waals surface area contributed by atoms with Crippen LogP contribution < -0.4 is 9.54 Å². The largest absolute Gasteiger partial charge is 0.484 e. The first-order valence-electron chi connectivity index (χ1n) is 8.01. The van der Waals surface area contributed by atoms with E-state index in [1.807, 2.05) is 0 Å². The Hall–Kier alpha value is -2.96. The Morgan fingerprint density at radius 1 is 1.29 bits per heavy atom. The lowest BCUT2D eigenvalue weighted by Gasteiger charge is -2.03. The quantitative estimate of drug-likeness (QED) is 0.596. The van der Waals surface area contributed by atoms with Crippen molar-refractivity contribution in [1.82, 2.24) is 4.57 Å². The molecule has 6 nitrogen and oxygen atoms in total. The van der Waals surface area contributed by atoms with Crippen molar-refractivity contribution in [2.75, 3.05) is 12.9 Å². The maximum atomic E-state index is 12.9. The Morgan fingerprint density at radius 3 is 2.64 bits per heavy atom. The molecule has 0 saturated heterocycles. The van der Waals surface area contributed by atoms with Crippen LogP contribution in [0.2, 0.25) is 0 Å². The van der Waals surface area contributed by atoms with Gasteiger partial charge in [-0.3, -0.25) is 4.79 Å². The number of carbonyl (C=O) groups excluding carboxylic acids is 1. The van der Waals surface area contributed by atoms with Crippen LogP contribution in [0.15, 0.2) is 52.4 Å². The van der Waals surface area contributed by atoms with E-state index in [-0.39, 0.29) is 18.0 Å². The maximum Gasteiger partial charge on any atom is 0.286 e. The second-order valence-corrected chi connectivity index (χ2v) is 8.85. The molecule has 0 aliphatic rings. The molecule has 0 unspecified atom stereocenters. The number of rotatable bonds is 5. The standard InChI is InChI=1S/C19H15FN2O4S2/c1-3-10-22-16-9-8-15(28(2,24)25)11-17(16)27-19(22)21-18(23)12-26-14-6-4-13(20)5-7-14/h1,4-9,11H,10,12H2,2H3. The number of hydrogen-bond donors (Lipinski definition) is 0. The second kappa shape index (κ2) is 7.96. The van der Waals surface area contributed by atoms with Crippen molar-refractivity contribution < 1.29 is 22.3 Å². The number of carbonyl (C=O) groups is 1. The number of hydrogen-bond acceptors (Lipinski definition) is 5. The van der Waals surface area contributed by atoms with Crippen LogP contribution in [0.1, 0.15) is 0 Å². The number of thiazole rings is 1. The Labute approximate surface area is 164 Å². The van der Waals surface area contributed by atoms with Gasteiger partial charge in [0.1, 0.15) is 11.6 Å². The van der Waals surface area contributed by atoms with E-state index < -0.39 is 21.6 Å². The van der Waals surface area contributed by atoms with E-state index in [2.05, 4.69) is 10.9 Å². The number of halogens is 1. The van der Waals surface area contributed by atoms with Crippen molar-refractivity contribution in [3.8, 4) is 18.1 Å². The van der Waals surface area contributed by atoms with Gasteiger partial charge in [0.25, 0.3) is 5.91 Å². The van der Waals surface area contributed by atoms with Crippen molar-refractivity contribution in [2.45, 2.75) is 11.4 Å². The van der Waals surface area contributed by atoms with Gasteiger partial charge in [0.15, 0.2) is 21.2 Å². The van der Waals surface area contributed by atoms with Gasteiger partial charge < -0.3 is 9.30 Å². The van der Waals surface area contributed by atoms with Crippen LogP contribution in [0.5, 0.6) is 5.75 Å². The lowest BCUT2D eigenvalue weighted by atomic mass is 10.3. The minimum atomic E-state index is -3.36. The molecule has 3 rings (SSSR count). The first kappa shape index (κ1) is 19.8. The SMILES string of the molecule is C#CCn1c(=NC(=O)COc2ccc(F)cc2)sc2cc(S(C)(=O)=O)ccc21. The van der Waals surface area contributed by atoms with Gasteiger partial charge in [-0.25, -0.2) is 12.8 Å². The molecule has 3 aromatic rings. The summed E-state index contributed by atoms with van der Waals surface area (Å²) in [4.78, 5) is 16.7. The molecule has 0 aliphatic carbocycles. The summed E-state index contributed by atoms with van der Waals surface area (Å²) in [6.45, 7) is -0.159. The monoisotopic (exact) mass is 418 g/mol. The number of ether oxygens (including phenoxy) is 1. The average molecular weight is 418 g/mol. The first-order valence-corrected chi connectivity index (χ1v) is 10.7. The zero-order valence-electron chi connectivity index (χ0n) is 14.8. The van der Waals surface area contributed by atoms with Crippen LogP contribution in [0, 0.1) is 18.2 Å². The fourth-order valence-corrected chi connectivity index (χ4v) is 4.24. The number of aromatic nitrogens is 1. The van der Waals surface area contributed by atoms with Gasteiger partial charge in [0, 0.05) is 6.26 Å². The summed E-state index contributed by atoms with van der Waals surface area (Å²) >= 11 is 1.16. The van der Waals surface area contributed by atoms with Crippen LogP contribution in [0.25, 0.3) is 10.2 Å². The van der Waals surface area contributed by atoms with Crippen molar-refractivity contribution >= 4 is 37.3 Å². The molecule has 0 saturated carbocycles. The summed E-state index contributed by atoms with van der Waals surface area (Å²) in [6.07, 6.45) is 6.54. The predicted octanol–water partition coefficient (Wildman–Crippen LogP) is 2.38. The number of sulfone groups is 1. The van der Waals surface area contributed by atoms with Crippen molar-refractivity contribution in [2.24, 2.45) is 4.99 Å². The fourth-order valence-electron chi connectivity index (χ4n) is 2.43. The topological polar surface area (TPSA) is 77.7 Å². The van der Waals surface area contributed by atoms with Crippen LogP contribution in [-0.2, 0) is 21.2 Å². The highest BCUT2D eigenvalue weighted by Crippen LogP contribution is 2.22. The molecule has 1 amide bonds. The molecule has 9 heteroatoms. The first-order chi connectivity index (χ1) is 13.3. The molecule has 0 radical (unpaired) electrons. The van der Waals surface area contributed by atoms with Gasteiger partial charge in [-0.15, -0.1) is 6.42 Å². The van der Waals surface area contributed by atoms with Crippen LogP contribution in [0.3, 0.4) is 0 Å². The Kier molecular flexibility index (Phi) is 5.63. The maximum absolute atomic E-state index is 12.9. The van der Waals surface area contributed by atoms with Crippen molar-refractivity contribution in [1.29, 1.82) is 0 Å². The predicted molar refractivity (Wildman–Crippen MR) is 104 cm³/mol. The average Bonchev–Trinajstić information content (AvgIpc) is 2.97. The van der Waals surface area contributed by atoms with Gasteiger partial charge >= 0.3 is 0 Å². The van der Waals surface area contributed by atoms with Gasteiger partial charge in [-0.1, -0.05) is 17.3 Å². The van der Waals surface area contributed by atoms with Gasteiger partial charge in [-0.2, -0.15) is 4.99 Å². The zero-order valence-corrected chi connectivity index (χ0v) is 16.4. The van der Waals surface area contributed by atoms with Gasteiger partial charge in [0.2, 0.25) is 0 Å². The van der Waals surface area contributed by atoms with E-state index in [0.717, 1.165) is 17.6 Å². The number of terminal acetylenes is 1. The smallest absolute Gasteiger partial charge is 0.286 e. The summed E-state index contributed by atoms with van der Waals surface area (Å²) in [5, 5.41) is 0. The number of fused-ring (bicyclic) bond motifs is 1. The molecule has 0 N–H and O–H groups in total. The summed E-state index contributed by atoms with van der Waals surface area (Å²) in [5.41, 5.74) is 0.682. The van der Waals surface area contributed by atoms with E-state index in [9.17, 15) is 17.6 Å². The van der Waals surface area contributed by atoms with E-state index in [0.29, 0.717) is 20.8 Å². The molecule has 1 aromatic heterocycles. The molecule has 0 atom stereocenters. The fraction of sp³-hybridized carbons (Fsp3) is 0.158. The Morgan fingerprint density at radius 2 is 2.00 bits per heavy atom. The second-order valence-electron chi connectivity index (χ2n) is 5.82. The third kappa shape index (κ3) is 4.47. The molecule has 28 heavy (non-hydrogen) atoms. The minimum Gasteiger partial charge on any atom is -0.484 e. The van der Waals surface area contributed by atoms with E-state index in [4.69, 9.17) is 11.2 Å². The molecular formula is C19H15FN2O4S2. The minimum absolute atomic E-state index is 0.170. The van der Waals surface area contributed by atoms with E-state index >= 15 is 0 Å². The van der Waals surface area contributed by atoms with E-state index in [1.54, 1.807) is 10.6 Å². The Balaban J connectivity index is 1.93. The van der Waals surface area contributed by atoms with Crippen LogP contribution in [-0.4, -0.2) is 31.8 Å². The highest BCUT2D eigenvalue weighted by molar-refractivity contribution is 7.90. The molecule has 2 aromatic carbocycles. The van der Waals surface area contributed by atoms with Crippen molar-refractivity contribution in [3.05, 3.63) is 53.1 Å². The highest BCUT2D eigenvalue weighted by Gasteiger charge is 2.12. The highest BCUT2D eigenvalue weighted by atomic mass is 32.2. The lowest BCUT2D eigenvalue weighted by molar-refractivity contribution is -0.120. The summed E-state index contributed by atoms with van der Waals surface area (Å²) in [5.74, 6) is 1.88. The Bertz CT molecular complexity index is 1250. The summed E-state index contributed by atoms with van der Waals surface area (Å²) in [6, 6.07) is 9.92. The molecular weight excluding hydrogens is 403 g/mol. The normalized spacial score (nSPS) is 12.1. The molecule has 0 spiro atoms. The van der Waals surface area contributed by atoms with E-state index in [1.165, 1.54) is 36.4 Å². The van der Waals surface area contributed by atoms with Gasteiger partial charge in [0.05, 0.1) is 21.7 Å². The number of benzene rings is 2. The molecule has 0 bridgehead atoms. The van der Waals surface area contributed by atoms with Gasteiger partial charge in [-0.05, 0) is 42.5 Å². The summed E-state index contributed by atoms with van der Waals surface area (Å²) < 4.78 is 44.0. The zero-order chi connectivity index (χ0) is 20.3. The van der Waals surface area contributed by atoms with Crippen LogP contribution >= 0.6 is 11.3 Å². The molecule has 1 heterocycles. The van der Waals surface area contributed by atoms with Crippen molar-refractivity contribution in [3.63, 3.8) is 0 Å². The molecule has 144 valence electrons. The molecule has 0 fully saturated rings. The number of nitrogens with zero attached hydrogens (tertiary/aromatic N) is 2. The van der Waals surface area contributed by atoms with Crippen LogP contribution in [0.4, 0.5) is 4.39 Å². The third-order valence-corrected chi connectivity index (χ3v) is 5.88.